The van der Waals surface area contributed by atoms with Gasteiger partial charge in [0.05, 0.1) is 6.07 Å². The molecule has 5 rings (SSSR count). The van der Waals surface area contributed by atoms with Crippen molar-refractivity contribution in [1.29, 1.82) is 5.26 Å². The molecule has 4 bridgehead atoms. The smallest absolute Gasteiger partial charge is 0.247 e. The van der Waals surface area contributed by atoms with Gasteiger partial charge in [0.25, 0.3) is 0 Å². The number of amides is 1. The van der Waals surface area contributed by atoms with Crippen LogP contribution in [0.5, 0.6) is 0 Å². The van der Waals surface area contributed by atoms with Crippen molar-refractivity contribution in [3.8, 4) is 6.07 Å². The van der Waals surface area contributed by atoms with Gasteiger partial charge < -0.3 is 4.90 Å². The first-order chi connectivity index (χ1) is 11.0. The van der Waals surface area contributed by atoms with Crippen LogP contribution in [0.4, 0.5) is 0 Å². The van der Waals surface area contributed by atoms with Gasteiger partial charge in [-0.2, -0.15) is 5.26 Å². The highest BCUT2D eigenvalue weighted by molar-refractivity contribution is 5.89. The molecule has 3 nitrogen and oxygen atoms in total. The number of carbonyl (C=O) groups is 1. The molecule has 0 atom stereocenters. The molecule has 0 saturated heterocycles. The first kappa shape index (κ1) is 15.2. The van der Waals surface area contributed by atoms with Crippen LogP contribution in [0.2, 0.25) is 0 Å². The van der Waals surface area contributed by atoms with E-state index >= 15 is 0 Å². The minimum Gasteiger partial charge on any atom is -0.323 e. The number of allylic oxidation sites excluding steroid dienone is 1. The first-order valence-corrected chi connectivity index (χ1v) is 9.34. The highest BCUT2D eigenvalue weighted by Gasteiger charge is 2.52. The number of rotatable bonds is 3. The molecule has 0 unspecified atom stereocenters. The second-order valence-corrected chi connectivity index (χ2v) is 8.92. The monoisotopic (exact) mass is 312 g/mol. The van der Waals surface area contributed by atoms with Crippen molar-refractivity contribution < 1.29 is 4.79 Å². The number of carbonyl (C=O) groups excluding carboxylic acids is 1. The van der Waals surface area contributed by atoms with Crippen LogP contribution in [-0.2, 0) is 4.79 Å². The van der Waals surface area contributed by atoms with E-state index in [0.717, 1.165) is 37.0 Å². The summed E-state index contributed by atoms with van der Waals surface area (Å²) < 4.78 is 0. The topological polar surface area (TPSA) is 44.1 Å². The van der Waals surface area contributed by atoms with Gasteiger partial charge in [0.1, 0.15) is 5.54 Å². The minimum absolute atomic E-state index is 0.0412. The Morgan fingerprint density at radius 1 is 1.13 bits per heavy atom. The van der Waals surface area contributed by atoms with E-state index in [1.807, 2.05) is 13.1 Å². The third kappa shape index (κ3) is 2.25. The van der Waals surface area contributed by atoms with Crippen molar-refractivity contribution >= 4 is 5.91 Å². The second-order valence-electron chi connectivity index (χ2n) is 8.92. The van der Waals surface area contributed by atoms with Crippen molar-refractivity contribution in [3.63, 3.8) is 0 Å². The number of hydrogen-bond donors (Lipinski definition) is 0. The van der Waals surface area contributed by atoms with Gasteiger partial charge in [-0.1, -0.05) is 5.57 Å². The van der Waals surface area contributed by atoms with E-state index in [2.05, 4.69) is 13.0 Å². The standard InChI is InChI=1S/C20H28N2O/c1-14(6-18(23)22(2)20(13-21)4-3-5-20)19-10-15-7-16(11-19)9-17(8-15)12-19/h6,15-17H,3-5,7-12H2,1-2H3/b14-6+. The Morgan fingerprint density at radius 3 is 2.04 bits per heavy atom. The lowest BCUT2D eigenvalue weighted by atomic mass is 9.48. The molecular weight excluding hydrogens is 284 g/mol. The fourth-order valence-electron chi connectivity index (χ4n) is 6.27. The van der Waals surface area contributed by atoms with E-state index < -0.39 is 5.54 Å². The van der Waals surface area contributed by atoms with Crippen molar-refractivity contribution in [3.05, 3.63) is 11.6 Å². The van der Waals surface area contributed by atoms with Gasteiger partial charge in [-0.05, 0) is 87.9 Å². The normalized spacial score (nSPS) is 40.4. The summed E-state index contributed by atoms with van der Waals surface area (Å²) in [7, 11) is 1.81. The van der Waals surface area contributed by atoms with E-state index in [0.29, 0.717) is 5.41 Å². The molecule has 0 aliphatic heterocycles. The molecule has 0 radical (unpaired) electrons. The molecular formula is C20H28N2O. The highest BCUT2D eigenvalue weighted by Crippen LogP contribution is 2.62. The number of hydrogen-bond acceptors (Lipinski definition) is 2. The van der Waals surface area contributed by atoms with Gasteiger partial charge in [0.15, 0.2) is 0 Å². The minimum atomic E-state index is -0.532. The maximum absolute atomic E-state index is 12.7. The molecule has 1 amide bonds. The fraction of sp³-hybridized carbons (Fsp3) is 0.800. The number of nitrogens with zero attached hydrogens (tertiary/aromatic N) is 2. The van der Waals surface area contributed by atoms with E-state index in [-0.39, 0.29) is 5.91 Å². The Morgan fingerprint density at radius 2 is 1.65 bits per heavy atom. The molecule has 5 aliphatic rings. The van der Waals surface area contributed by atoms with Crippen LogP contribution < -0.4 is 0 Å². The fourth-order valence-corrected chi connectivity index (χ4v) is 6.27. The number of likely N-dealkylation sites (N-methyl/N-ethyl adjacent to an activating group) is 1. The Labute approximate surface area is 139 Å². The Balaban J connectivity index is 1.54. The average molecular weight is 312 g/mol. The van der Waals surface area contributed by atoms with Crippen LogP contribution in [0, 0.1) is 34.5 Å². The molecule has 23 heavy (non-hydrogen) atoms. The third-order valence-electron chi connectivity index (χ3n) is 7.58. The SMILES string of the molecule is C/C(=C\C(=O)N(C)C1(C#N)CCC1)C12CC3CC(CC(C3)C1)C2. The van der Waals surface area contributed by atoms with Gasteiger partial charge in [0.2, 0.25) is 5.91 Å². The lowest BCUT2D eigenvalue weighted by molar-refractivity contribution is -0.131. The van der Waals surface area contributed by atoms with Crippen molar-refractivity contribution in [1.82, 2.24) is 4.90 Å². The van der Waals surface area contributed by atoms with Gasteiger partial charge >= 0.3 is 0 Å². The highest BCUT2D eigenvalue weighted by atomic mass is 16.2. The summed E-state index contributed by atoms with van der Waals surface area (Å²) in [5, 5.41) is 9.46. The largest absolute Gasteiger partial charge is 0.323 e. The summed E-state index contributed by atoms with van der Waals surface area (Å²) >= 11 is 0. The van der Waals surface area contributed by atoms with Crippen molar-refractivity contribution in [2.24, 2.45) is 23.2 Å². The third-order valence-corrected chi connectivity index (χ3v) is 7.58. The summed E-state index contributed by atoms with van der Waals surface area (Å²) in [5.41, 5.74) is 1.06. The van der Waals surface area contributed by atoms with E-state index in [1.54, 1.807) is 4.90 Å². The van der Waals surface area contributed by atoms with Gasteiger partial charge in [0, 0.05) is 13.1 Å². The van der Waals surface area contributed by atoms with Crippen LogP contribution in [0.25, 0.3) is 0 Å². The molecule has 0 aromatic rings. The summed E-state index contributed by atoms with van der Waals surface area (Å²) in [6.07, 6.45) is 12.8. The zero-order valence-electron chi connectivity index (χ0n) is 14.5. The molecule has 0 heterocycles. The summed E-state index contributed by atoms with van der Waals surface area (Å²) in [6.45, 7) is 2.18. The molecule has 124 valence electrons. The van der Waals surface area contributed by atoms with Crippen LogP contribution in [0.1, 0.15) is 64.7 Å². The van der Waals surface area contributed by atoms with Gasteiger partial charge in [-0.25, -0.2) is 0 Å². The van der Waals surface area contributed by atoms with Crippen molar-refractivity contribution in [2.45, 2.75) is 70.3 Å². The number of nitriles is 1. The molecule has 0 aromatic heterocycles. The van der Waals surface area contributed by atoms with Gasteiger partial charge in [-0.15, -0.1) is 0 Å². The molecule has 5 saturated carbocycles. The van der Waals surface area contributed by atoms with Crippen LogP contribution in [-0.4, -0.2) is 23.4 Å². The maximum Gasteiger partial charge on any atom is 0.247 e. The van der Waals surface area contributed by atoms with Gasteiger partial charge in [-0.3, -0.25) is 4.79 Å². The zero-order chi connectivity index (χ0) is 16.2. The Hall–Kier alpha value is -1.30. The first-order valence-electron chi connectivity index (χ1n) is 9.34. The van der Waals surface area contributed by atoms with E-state index in [9.17, 15) is 10.1 Å². The molecule has 0 N–H and O–H groups in total. The van der Waals surface area contributed by atoms with Crippen LogP contribution >= 0.6 is 0 Å². The summed E-state index contributed by atoms with van der Waals surface area (Å²) in [6, 6.07) is 2.38. The van der Waals surface area contributed by atoms with Crippen LogP contribution in [0.15, 0.2) is 11.6 Å². The van der Waals surface area contributed by atoms with E-state index in [1.165, 1.54) is 44.1 Å². The molecule has 3 heteroatoms. The predicted molar refractivity (Wildman–Crippen MR) is 89.3 cm³/mol. The van der Waals surface area contributed by atoms with Crippen molar-refractivity contribution in [2.75, 3.05) is 7.05 Å². The Kier molecular flexibility index (Phi) is 3.38. The lowest BCUT2D eigenvalue weighted by Gasteiger charge is -2.57. The average Bonchev–Trinajstić information content (AvgIpc) is 2.45. The Bertz CT molecular complexity index is 558. The van der Waals surface area contributed by atoms with E-state index in [4.69, 9.17) is 0 Å². The predicted octanol–water partition coefficient (Wildman–Crippen LogP) is 4.05. The molecule has 5 aliphatic carbocycles. The quantitative estimate of drug-likeness (QED) is 0.738. The molecule has 5 fully saturated rings. The lowest BCUT2D eigenvalue weighted by Crippen LogP contribution is -2.53. The second kappa shape index (κ2) is 5.10. The summed E-state index contributed by atoms with van der Waals surface area (Å²) in [5.74, 6) is 2.73. The molecule has 0 aromatic carbocycles. The molecule has 0 spiro atoms. The summed E-state index contributed by atoms with van der Waals surface area (Å²) in [4.78, 5) is 14.5. The zero-order valence-corrected chi connectivity index (χ0v) is 14.5. The maximum atomic E-state index is 12.7. The van der Waals surface area contributed by atoms with Crippen LogP contribution in [0.3, 0.4) is 0 Å².